The van der Waals surface area contributed by atoms with E-state index in [0.29, 0.717) is 6.61 Å². The SMILES string of the molecule is CCOc1cc(C)c(-c2csc(CO)n2)cc1C. The first-order valence-electron chi connectivity index (χ1n) is 5.95. The molecule has 3 nitrogen and oxygen atoms in total. The number of thiazole rings is 1. The lowest BCUT2D eigenvalue weighted by Gasteiger charge is -2.11. The van der Waals surface area contributed by atoms with Gasteiger partial charge < -0.3 is 9.84 Å². The van der Waals surface area contributed by atoms with Gasteiger partial charge in [-0.1, -0.05) is 0 Å². The number of hydrogen-bond acceptors (Lipinski definition) is 4. The van der Waals surface area contributed by atoms with Crippen LogP contribution in [0.5, 0.6) is 5.75 Å². The Morgan fingerprint density at radius 2 is 2.06 bits per heavy atom. The zero-order valence-corrected chi connectivity index (χ0v) is 11.7. The van der Waals surface area contributed by atoms with Gasteiger partial charge in [-0.15, -0.1) is 11.3 Å². The van der Waals surface area contributed by atoms with Crippen molar-refractivity contribution in [3.63, 3.8) is 0 Å². The molecule has 0 saturated heterocycles. The average molecular weight is 263 g/mol. The van der Waals surface area contributed by atoms with Crippen molar-refractivity contribution in [1.82, 2.24) is 4.98 Å². The van der Waals surface area contributed by atoms with Crippen LogP contribution < -0.4 is 4.74 Å². The summed E-state index contributed by atoms with van der Waals surface area (Å²) in [5, 5.41) is 11.8. The fourth-order valence-electron chi connectivity index (χ4n) is 1.88. The summed E-state index contributed by atoms with van der Waals surface area (Å²) in [6.45, 7) is 6.74. The first-order valence-corrected chi connectivity index (χ1v) is 6.83. The lowest BCUT2D eigenvalue weighted by Crippen LogP contribution is -1.96. The van der Waals surface area contributed by atoms with Crippen molar-refractivity contribution >= 4 is 11.3 Å². The molecule has 0 atom stereocenters. The molecule has 2 rings (SSSR count). The Labute approximate surface area is 111 Å². The Hall–Kier alpha value is -1.39. The smallest absolute Gasteiger partial charge is 0.122 e. The van der Waals surface area contributed by atoms with Crippen LogP contribution in [0.2, 0.25) is 0 Å². The van der Waals surface area contributed by atoms with E-state index in [0.717, 1.165) is 33.1 Å². The second kappa shape index (κ2) is 5.50. The van der Waals surface area contributed by atoms with E-state index < -0.39 is 0 Å². The van der Waals surface area contributed by atoms with Crippen LogP contribution in [-0.2, 0) is 6.61 Å². The van der Waals surface area contributed by atoms with Gasteiger partial charge in [-0.2, -0.15) is 0 Å². The quantitative estimate of drug-likeness (QED) is 0.920. The lowest BCUT2D eigenvalue weighted by atomic mass is 10.0. The molecular weight excluding hydrogens is 246 g/mol. The van der Waals surface area contributed by atoms with Crippen LogP contribution >= 0.6 is 11.3 Å². The predicted molar refractivity (Wildman–Crippen MR) is 74.1 cm³/mol. The summed E-state index contributed by atoms with van der Waals surface area (Å²) in [5.41, 5.74) is 4.27. The monoisotopic (exact) mass is 263 g/mol. The second-order valence-corrected chi connectivity index (χ2v) is 5.09. The number of aliphatic hydroxyl groups is 1. The van der Waals surface area contributed by atoms with E-state index in [1.165, 1.54) is 11.3 Å². The van der Waals surface area contributed by atoms with Gasteiger partial charge in [0.15, 0.2) is 0 Å². The third kappa shape index (κ3) is 2.54. The van der Waals surface area contributed by atoms with E-state index in [-0.39, 0.29) is 6.61 Å². The van der Waals surface area contributed by atoms with Crippen LogP contribution in [0.4, 0.5) is 0 Å². The topological polar surface area (TPSA) is 42.4 Å². The second-order valence-electron chi connectivity index (χ2n) is 4.15. The van der Waals surface area contributed by atoms with Crippen molar-refractivity contribution in [2.24, 2.45) is 0 Å². The highest BCUT2D eigenvalue weighted by Gasteiger charge is 2.10. The first-order chi connectivity index (χ1) is 8.65. The number of rotatable bonds is 4. The molecule has 96 valence electrons. The van der Waals surface area contributed by atoms with Gasteiger partial charge in [0.05, 0.1) is 18.9 Å². The fourth-order valence-corrected chi connectivity index (χ4v) is 2.54. The number of hydrogen-bond donors (Lipinski definition) is 1. The van der Waals surface area contributed by atoms with Gasteiger partial charge in [-0.05, 0) is 44.0 Å². The molecule has 2 aromatic rings. The molecule has 0 bridgehead atoms. The van der Waals surface area contributed by atoms with Crippen molar-refractivity contribution in [3.8, 4) is 17.0 Å². The molecule has 18 heavy (non-hydrogen) atoms. The molecule has 0 fully saturated rings. The van der Waals surface area contributed by atoms with Crippen molar-refractivity contribution in [1.29, 1.82) is 0 Å². The zero-order valence-electron chi connectivity index (χ0n) is 10.9. The summed E-state index contributed by atoms with van der Waals surface area (Å²) < 4.78 is 5.58. The summed E-state index contributed by atoms with van der Waals surface area (Å²) in [5.74, 6) is 0.927. The summed E-state index contributed by atoms with van der Waals surface area (Å²) in [6.07, 6.45) is 0. The van der Waals surface area contributed by atoms with Crippen molar-refractivity contribution in [3.05, 3.63) is 33.6 Å². The van der Waals surface area contributed by atoms with E-state index in [1.807, 2.05) is 25.3 Å². The molecule has 1 aromatic carbocycles. The molecule has 0 aliphatic carbocycles. The Bertz CT molecular complexity index is 549. The Kier molecular flexibility index (Phi) is 3.99. The van der Waals surface area contributed by atoms with Crippen LogP contribution in [0.3, 0.4) is 0 Å². The standard InChI is InChI=1S/C14H17NO2S/c1-4-17-13-6-9(2)11(5-10(13)3)12-8-18-14(7-16)15-12/h5-6,8,16H,4,7H2,1-3H3. The molecule has 0 unspecified atom stereocenters. The predicted octanol–water partition coefficient (Wildman–Crippen LogP) is 3.32. The minimum absolute atomic E-state index is 0.000272. The van der Waals surface area contributed by atoms with Gasteiger partial charge in [-0.3, -0.25) is 0 Å². The lowest BCUT2D eigenvalue weighted by molar-refractivity contribution is 0.281. The highest BCUT2D eigenvalue weighted by Crippen LogP contribution is 2.30. The van der Waals surface area contributed by atoms with Gasteiger partial charge in [0, 0.05) is 10.9 Å². The third-order valence-corrected chi connectivity index (χ3v) is 3.62. The third-order valence-electron chi connectivity index (χ3n) is 2.78. The molecule has 0 radical (unpaired) electrons. The van der Waals surface area contributed by atoms with E-state index >= 15 is 0 Å². The van der Waals surface area contributed by atoms with Gasteiger partial charge in [0.25, 0.3) is 0 Å². The maximum atomic E-state index is 9.06. The van der Waals surface area contributed by atoms with Gasteiger partial charge in [0.2, 0.25) is 0 Å². The van der Waals surface area contributed by atoms with E-state index in [1.54, 1.807) is 0 Å². The number of aliphatic hydroxyl groups excluding tert-OH is 1. The fraction of sp³-hybridized carbons (Fsp3) is 0.357. The molecular formula is C14H17NO2S. The van der Waals surface area contributed by atoms with Gasteiger partial charge in [0.1, 0.15) is 10.8 Å². The summed E-state index contributed by atoms with van der Waals surface area (Å²) in [4.78, 5) is 4.40. The van der Waals surface area contributed by atoms with Gasteiger partial charge in [-0.25, -0.2) is 4.98 Å². The van der Waals surface area contributed by atoms with E-state index in [9.17, 15) is 0 Å². The number of nitrogens with zero attached hydrogens (tertiary/aromatic N) is 1. The molecule has 1 aromatic heterocycles. The largest absolute Gasteiger partial charge is 0.494 e. The van der Waals surface area contributed by atoms with Crippen LogP contribution in [-0.4, -0.2) is 16.7 Å². The van der Waals surface area contributed by atoms with Crippen molar-refractivity contribution < 1.29 is 9.84 Å². The van der Waals surface area contributed by atoms with E-state index in [4.69, 9.17) is 9.84 Å². The Morgan fingerprint density at radius 3 is 2.67 bits per heavy atom. The van der Waals surface area contributed by atoms with Crippen molar-refractivity contribution in [2.75, 3.05) is 6.61 Å². The Balaban J connectivity index is 2.42. The highest BCUT2D eigenvalue weighted by molar-refractivity contribution is 7.09. The summed E-state index contributed by atoms with van der Waals surface area (Å²) >= 11 is 1.48. The number of aryl methyl sites for hydroxylation is 2. The summed E-state index contributed by atoms with van der Waals surface area (Å²) in [6, 6.07) is 4.14. The summed E-state index contributed by atoms with van der Waals surface area (Å²) in [7, 11) is 0. The van der Waals surface area contributed by atoms with E-state index in [2.05, 4.69) is 18.0 Å². The van der Waals surface area contributed by atoms with Gasteiger partial charge >= 0.3 is 0 Å². The maximum Gasteiger partial charge on any atom is 0.122 e. The molecule has 0 spiro atoms. The molecule has 0 aliphatic rings. The molecule has 0 aliphatic heterocycles. The maximum absolute atomic E-state index is 9.06. The normalized spacial score (nSPS) is 10.7. The first kappa shape index (κ1) is 13.1. The number of ether oxygens (including phenoxy) is 1. The molecule has 1 N–H and O–H groups in total. The minimum Gasteiger partial charge on any atom is -0.494 e. The average Bonchev–Trinajstić information content (AvgIpc) is 2.82. The molecule has 0 saturated carbocycles. The zero-order chi connectivity index (χ0) is 13.1. The number of benzene rings is 1. The molecule has 1 heterocycles. The van der Waals surface area contributed by atoms with Crippen LogP contribution in [0.1, 0.15) is 23.1 Å². The highest BCUT2D eigenvalue weighted by atomic mass is 32.1. The van der Waals surface area contributed by atoms with Crippen LogP contribution in [0.15, 0.2) is 17.5 Å². The number of aromatic nitrogens is 1. The van der Waals surface area contributed by atoms with Crippen LogP contribution in [0, 0.1) is 13.8 Å². The van der Waals surface area contributed by atoms with Crippen molar-refractivity contribution in [2.45, 2.75) is 27.4 Å². The minimum atomic E-state index is -0.000272. The molecule has 0 amide bonds. The van der Waals surface area contributed by atoms with Crippen LogP contribution in [0.25, 0.3) is 11.3 Å². The molecule has 4 heteroatoms. The Morgan fingerprint density at radius 1 is 1.28 bits per heavy atom.